The number of nitrogens with one attached hydrogen (secondary N) is 1. The fraction of sp³-hybridized carbons (Fsp3) is 0.400. The fourth-order valence-corrected chi connectivity index (χ4v) is 2.26. The van der Waals surface area contributed by atoms with Gasteiger partial charge >= 0.3 is 5.97 Å². The molecule has 1 aromatic rings. The van der Waals surface area contributed by atoms with Crippen molar-refractivity contribution < 1.29 is 26.8 Å². The Bertz CT molecular complexity index is 392. The summed E-state index contributed by atoms with van der Waals surface area (Å²) < 4.78 is 5.14. The van der Waals surface area contributed by atoms with Gasteiger partial charge in [-0.15, -0.1) is 0 Å². The van der Waals surface area contributed by atoms with Crippen LogP contribution in [0.1, 0.15) is 18.5 Å². The van der Waals surface area contributed by atoms with Crippen LogP contribution in [0, 0.1) is 5.92 Å². The largest absolute Gasteiger partial charge is 1.00 e. The van der Waals surface area contributed by atoms with E-state index < -0.39 is 0 Å². The van der Waals surface area contributed by atoms with E-state index in [1.807, 2.05) is 18.2 Å². The van der Waals surface area contributed by atoms with E-state index in [9.17, 15) is 4.79 Å². The predicted molar refractivity (Wildman–Crippen MR) is 72.3 cm³/mol. The highest BCUT2D eigenvalue weighted by Gasteiger charge is 2.25. The molecule has 1 aromatic carbocycles. The number of carbonyl (C=O) groups excluding carboxylic acids is 1. The lowest BCUT2D eigenvalue weighted by Crippen LogP contribution is -3.07. The van der Waals surface area contributed by atoms with Crippen LogP contribution in [-0.2, 0) is 9.53 Å². The van der Waals surface area contributed by atoms with Crippen LogP contribution in [-0.4, -0.2) is 26.7 Å². The molecule has 0 fully saturated rings. The van der Waals surface area contributed by atoms with Gasteiger partial charge in [0, 0.05) is 17.6 Å². The Morgan fingerprint density at radius 2 is 1.95 bits per heavy atom. The average molecular weight is 284 g/mol. The number of quaternary nitrogens is 1. The molecule has 1 rings (SSSR count). The normalized spacial score (nSPS) is 13.3. The Balaban J connectivity index is 0.00000324. The van der Waals surface area contributed by atoms with Gasteiger partial charge in [0.25, 0.3) is 0 Å². The molecule has 0 heterocycles. The highest BCUT2D eigenvalue weighted by Crippen LogP contribution is 2.18. The van der Waals surface area contributed by atoms with E-state index in [4.69, 9.17) is 4.74 Å². The van der Waals surface area contributed by atoms with Gasteiger partial charge in [0.15, 0.2) is 0 Å². The number of hydrogen-bond donors (Lipinski definition) is 1. The third-order valence-corrected chi connectivity index (χ3v) is 3.00. The number of rotatable bonds is 6. The molecule has 2 unspecified atom stereocenters. The van der Waals surface area contributed by atoms with E-state index in [0.29, 0.717) is 12.6 Å². The molecule has 0 aliphatic heterocycles. The highest BCUT2D eigenvalue weighted by atomic mass is 35.5. The van der Waals surface area contributed by atoms with Crippen LogP contribution in [0.15, 0.2) is 43.0 Å². The van der Waals surface area contributed by atoms with E-state index >= 15 is 0 Å². The monoisotopic (exact) mass is 283 g/mol. The summed E-state index contributed by atoms with van der Waals surface area (Å²) in [6.45, 7) is 5.91. The molecule has 0 aliphatic carbocycles. The van der Waals surface area contributed by atoms with Gasteiger partial charge in [0.1, 0.15) is 12.6 Å². The van der Waals surface area contributed by atoms with Crippen LogP contribution in [0.25, 0.3) is 0 Å². The van der Waals surface area contributed by atoms with Gasteiger partial charge in [-0.1, -0.05) is 43.8 Å². The fourth-order valence-electron chi connectivity index (χ4n) is 2.26. The third kappa shape index (κ3) is 5.45. The number of carbonyl (C=O) groups is 1. The molecule has 0 amide bonds. The molecule has 19 heavy (non-hydrogen) atoms. The molecule has 1 N–H and O–H groups in total. The zero-order valence-electron chi connectivity index (χ0n) is 11.7. The second kappa shape index (κ2) is 8.73. The number of halogens is 1. The first kappa shape index (κ1) is 17.7. The van der Waals surface area contributed by atoms with E-state index in [-0.39, 0.29) is 24.3 Å². The van der Waals surface area contributed by atoms with Crippen LogP contribution in [0.5, 0.6) is 0 Å². The summed E-state index contributed by atoms with van der Waals surface area (Å²) in [6.07, 6.45) is 1.20. The first-order valence-electron chi connectivity index (χ1n) is 6.20. The predicted octanol–water partition coefficient (Wildman–Crippen LogP) is -1.76. The van der Waals surface area contributed by atoms with Crippen molar-refractivity contribution in [1.82, 2.24) is 0 Å². The van der Waals surface area contributed by atoms with Gasteiger partial charge in [-0.05, 0) is 0 Å². The molecular weight excluding hydrogens is 262 g/mol. The minimum Gasteiger partial charge on any atom is -1.00 e. The summed E-state index contributed by atoms with van der Waals surface area (Å²) in [5.41, 5.74) is 1.26. The van der Waals surface area contributed by atoms with Crippen LogP contribution in [0.4, 0.5) is 0 Å². The SMILES string of the molecule is C=CC(=O)OCC(C)C(c1ccccc1)[NH+](C)C.[Cl-]. The van der Waals surface area contributed by atoms with Crippen molar-refractivity contribution in [2.45, 2.75) is 13.0 Å². The summed E-state index contributed by atoms with van der Waals surface area (Å²) in [6, 6.07) is 10.6. The first-order chi connectivity index (χ1) is 8.56. The Hall–Kier alpha value is -1.32. The summed E-state index contributed by atoms with van der Waals surface area (Å²) in [7, 11) is 4.23. The number of ether oxygens (including phenoxy) is 1. The second-order valence-electron chi connectivity index (χ2n) is 4.78. The molecule has 4 heteroatoms. The van der Waals surface area contributed by atoms with Crippen LogP contribution < -0.4 is 17.3 Å². The standard InChI is InChI=1S/C15H21NO2.ClH/c1-5-14(17)18-11-12(2)15(16(3)4)13-9-7-6-8-10-13;/h5-10,12,15H,1,11H2,2-4H3;1H. The van der Waals surface area contributed by atoms with Crippen molar-refractivity contribution in [2.24, 2.45) is 5.92 Å². The molecule has 0 saturated carbocycles. The first-order valence-corrected chi connectivity index (χ1v) is 6.20. The van der Waals surface area contributed by atoms with Crippen molar-refractivity contribution in [3.63, 3.8) is 0 Å². The molecule has 0 aliphatic rings. The van der Waals surface area contributed by atoms with E-state index in [1.54, 1.807) is 0 Å². The van der Waals surface area contributed by atoms with Crippen LogP contribution >= 0.6 is 0 Å². The summed E-state index contributed by atoms with van der Waals surface area (Å²) >= 11 is 0. The van der Waals surface area contributed by atoms with E-state index in [1.165, 1.54) is 16.5 Å². The number of esters is 1. The summed E-state index contributed by atoms with van der Waals surface area (Å²) in [5.74, 6) is -0.108. The second-order valence-corrected chi connectivity index (χ2v) is 4.78. The molecule has 2 atom stereocenters. The van der Waals surface area contributed by atoms with Gasteiger partial charge in [-0.2, -0.15) is 0 Å². The van der Waals surface area contributed by atoms with Crippen LogP contribution in [0.2, 0.25) is 0 Å². The molecule has 0 spiro atoms. The van der Waals surface area contributed by atoms with E-state index in [2.05, 4.69) is 39.7 Å². The Morgan fingerprint density at radius 1 is 1.37 bits per heavy atom. The zero-order valence-corrected chi connectivity index (χ0v) is 12.5. The minimum absolute atomic E-state index is 0. The molecule has 0 saturated heterocycles. The maximum absolute atomic E-state index is 11.1. The third-order valence-electron chi connectivity index (χ3n) is 3.00. The van der Waals surface area contributed by atoms with Gasteiger partial charge < -0.3 is 22.0 Å². The lowest BCUT2D eigenvalue weighted by molar-refractivity contribution is -0.896. The molecule has 0 radical (unpaired) electrons. The van der Waals surface area contributed by atoms with Crippen LogP contribution in [0.3, 0.4) is 0 Å². The maximum Gasteiger partial charge on any atom is 0.330 e. The van der Waals surface area contributed by atoms with E-state index in [0.717, 1.165) is 0 Å². The smallest absolute Gasteiger partial charge is 0.330 e. The van der Waals surface area contributed by atoms with Crippen molar-refractivity contribution in [3.8, 4) is 0 Å². The van der Waals surface area contributed by atoms with Gasteiger partial charge in [0.2, 0.25) is 0 Å². The topological polar surface area (TPSA) is 30.7 Å². The molecule has 0 bridgehead atoms. The molecule has 3 nitrogen and oxygen atoms in total. The Kier molecular flexibility index (Phi) is 8.12. The van der Waals surface area contributed by atoms with Gasteiger partial charge in [-0.25, -0.2) is 4.79 Å². The molecular formula is C15H22ClNO2. The Labute approximate surface area is 121 Å². The maximum atomic E-state index is 11.1. The van der Waals surface area contributed by atoms with Crippen molar-refractivity contribution in [3.05, 3.63) is 48.6 Å². The quantitative estimate of drug-likeness (QED) is 0.495. The lowest BCUT2D eigenvalue weighted by atomic mass is 9.94. The minimum atomic E-state index is -0.359. The molecule has 0 aromatic heterocycles. The lowest BCUT2D eigenvalue weighted by Gasteiger charge is -2.27. The van der Waals surface area contributed by atoms with Gasteiger partial charge in [0.05, 0.1) is 14.1 Å². The average Bonchev–Trinajstić information content (AvgIpc) is 2.37. The number of hydrogen-bond acceptors (Lipinski definition) is 2. The van der Waals surface area contributed by atoms with Crippen molar-refractivity contribution >= 4 is 5.97 Å². The summed E-state index contributed by atoms with van der Waals surface area (Å²) in [4.78, 5) is 12.4. The van der Waals surface area contributed by atoms with Crippen molar-refractivity contribution in [1.29, 1.82) is 0 Å². The van der Waals surface area contributed by atoms with Crippen molar-refractivity contribution in [2.75, 3.05) is 20.7 Å². The number of benzene rings is 1. The van der Waals surface area contributed by atoms with Gasteiger partial charge in [-0.3, -0.25) is 0 Å². The zero-order chi connectivity index (χ0) is 13.5. The summed E-state index contributed by atoms with van der Waals surface area (Å²) in [5, 5.41) is 0. The Morgan fingerprint density at radius 3 is 2.42 bits per heavy atom. The highest BCUT2D eigenvalue weighted by molar-refractivity contribution is 5.81. The molecule has 106 valence electrons.